The number of rotatable bonds is 9. The van der Waals surface area contributed by atoms with E-state index in [9.17, 15) is 36.6 Å². The van der Waals surface area contributed by atoms with Crippen molar-refractivity contribution in [1.29, 1.82) is 0 Å². The number of anilines is 3. The minimum atomic E-state index is -4.86. The van der Waals surface area contributed by atoms with Crippen LogP contribution in [0.3, 0.4) is 0 Å². The van der Waals surface area contributed by atoms with Gasteiger partial charge in [0.15, 0.2) is 0 Å². The zero-order valence-electron chi connectivity index (χ0n) is 23.6. The minimum absolute atomic E-state index is 0.0559. The summed E-state index contributed by atoms with van der Waals surface area (Å²) in [4.78, 5) is 27.0. The van der Waals surface area contributed by atoms with Gasteiger partial charge in [0.1, 0.15) is 5.75 Å². The third-order valence-corrected chi connectivity index (χ3v) is 7.06. The van der Waals surface area contributed by atoms with Gasteiger partial charge in [-0.15, -0.1) is 13.2 Å². The summed E-state index contributed by atoms with van der Waals surface area (Å²) >= 11 is 0. The number of hydrogen-bond donors (Lipinski definition) is 3. The SMILES string of the molecule is CC(C)CN(c1ccc(-c2ccccc2C(=O)O)cc1NC(=O)Nc1ccc(OC(F)(F)F)cc1)C1CCC(F)(F)CC1. The Bertz CT molecular complexity index is 1430. The number of carbonyl (C=O) groups is 2. The van der Waals surface area contributed by atoms with E-state index in [1.165, 1.54) is 18.2 Å². The molecule has 3 aromatic carbocycles. The highest BCUT2D eigenvalue weighted by atomic mass is 19.4. The average molecular weight is 606 g/mol. The maximum absolute atomic E-state index is 14.0. The summed E-state index contributed by atoms with van der Waals surface area (Å²) in [5.74, 6) is -4.16. The summed E-state index contributed by atoms with van der Waals surface area (Å²) in [7, 11) is 0. The highest BCUT2D eigenvalue weighted by Gasteiger charge is 2.37. The number of ether oxygens (including phenoxy) is 1. The molecule has 0 heterocycles. The van der Waals surface area contributed by atoms with Crippen molar-refractivity contribution in [3.8, 4) is 16.9 Å². The van der Waals surface area contributed by atoms with Crippen molar-refractivity contribution in [3.05, 3.63) is 72.3 Å². The Morgan fingerprint density at radius 2 is 1.65 bits per heavy atom. The number of aromatic carboxylic acids is 1. The van der Waals surface area contributed by atoms with Crippen molar-refractivity contribution in [2.24, 2.45) is 5.92 Å². The second kappa shape index (κ2) is 12.9. The van der Waals surface area contributed by atoms with E-state index < -0.39 is 30.0 Å². The average Bonchev–Trinajstić information content (AvgIpc) is 2.92. The molecule has 3 N–H and O–H groups in total. The molecule has 0 spiro atoms. The van der Waals surface area contributed by atoms with E-state index in [0.717, 1.165) is 12.1 Å². The summed E-state index contributed by atoms with van der Waals surface area (Å²) < 4.78 is 69.4. The second-order valence-electron chi connectivity index (χ2n) is 10.9. The van der Waals surface area contributed by atoms with Gasteiger partial charge in [-0.1, -0.05) is 38.1 Å². The monoisotopic (exact) mass is 605 g/mol. The molecule has 1 aliphatic carbocycles. The largest absolute Gasteiger partial charge is 0.573 e. The molecule has 1 fully saturated rings. The number of hydrogen-bond acceptors (Lipinski definition) is 4. The van der Waals surface area contributed by atoms with Crippen LogP contribution in [-0.2, 0) is 0 Å². The predicted molar refractivity (Wildman–Crippen MR) is 154 cm³/mol. The Balaban J connectivity index is 1.68. The first-order valence-corrected chi connectivity index (χ1v) is 13.8. The van der Waals surface area contributed by atoms with Gasteiger partial charge in [0.05, 0.1) is 16.9 Å². The molecule has 3 aromatic rings. The number of carboxylic acids is 1. The molecule has 2 amide bonds. The molecule has 0 saturated heterocycles. The van der Waals surface area contributed by atoms with Gasteiger partial charge in [0, 0.05) is 31.1 Å². The van der Waals surface area contributed by atoms with Crippen molar-refractivity contribution in [3.63, 3.8) is 0 Å². The highest BCUT2D eigenvalue weighted by molar-refractivity contribution is 6.03. The number of nitrogens with zero attached hydrogens (tertiary/aromatic N) is 1. The molecule has 4 rings (SSSR count). The van der Waals surface area contributed by atoms with E-state index in [1.54, 1.807) is 36.4 Å². The van der Waals surface area contributed by atoms with Gasteiger partial charge in [-0.2, -0.15) is 0 Å². The number of nitrogens with one attached hydrogen (secondary N) is 2. The molecule has 0 aliphatic heterocycles. The zero-order chi connectivity index (χ0) is 31.4. The standard InChI is InChI=1S/C31H32F5N3O4/c1-19(2)18-39(22-13-15-30(32,33)16-14-22)27-12-7-20(24-5-3-4-6-25(24)28(40)41)17-26(27)38-29(42)37-21-8-10-23(11-9-21)43-31(34,35)36/h3-12,17,19,22H,13-16,18H2,1-2H3,(H,40,41)(H2,37,38,42). The molecule has 12 heteroatoms. The van der Waals surface area contributed by atoms with Crippen LogP contribution in [0.4, 0.5) is 43.8 Å². The van der Waals surface area contributed by atoms with Gasteiger partial charge >= 0.3 is 18.4 Å². The molecule has 43 heavy (non-hydrogen) atoms. The summed E-state index contributed by atoms with van der Waals surface area (Å²) in [5, 5.41) is 15.1. The van der Waals surface area contributed by atoms with Gasteiger partial charge in [0.25, 0.3) is 0 Å². The minimum Gasteiger partial charge on any atom is -0.478 e. The van der Waals surface area contributed by atoms with Crippen molar-refractivity contribution in [1.82, 2.24) is 0 Å². The summed E-state index contributed by atoms with van der Waals surface area (Å²) in [6.07, 6.45) is -4.87. The van der Waals surface area contributed by atoms with E-state index in [0.29, 0.717) is 29.0 Å². The van der Waals surface area contributed by atoms with Crippen LogP contribution in [0.25, 0.3) is 11.1 Å². The zero-order valence-corrected chi connectivity index (χ0v) is 23.6. The Kier molecular flexibility index (Phi) is 9.46. The maximum Gasteiger partial charge on any atom is 0.573 e. The van der Waals surface area contributed by atoms with Crippen molar-refractivity contribution in [2.45, 2.75) is 57.9 Å². The van der Waals surface area contributed by atoms with Crippen LogP contribution in [0, 0.1) is 5.92 Å². The van der Waals surface area contributed by atoms with Crippen LogP contribution in [-0.4, -0.2) is 42.0 Å². The summed E-state index contributed by atoms with van der Waals surface area (Å²) in [5.41, 5.74) is 2.05. The quantitative estimate of drug-likeness (QED) is 0.213. The molecular weight excluding hydrogens is 573 g/mol. The van der Waals surface area contributed by atoms with Crippen LogP contribution in [0.15, 0.2) is 66.7 Å². The molecular formula is C31H32F5N3O4. The molecule has 1 aliphatic rings. The molecule has 0 aromatic heterocycles. The lowest BCUT2D eigenvalue weighted by Gasteiger charge is -2.40. The normalized spacial score (nSPS) is 15.2. The highest BCUT2D eigenvalue weighted by Crippen LogP contribution is 2.40. The van der Waals surface area contributed by atoms with Crippen LogP contribution >= 0.6 is 0 Å². The number of amides is 2. The van der Waals surface area contributed by atoms with E-state index in [1.807, 2.05) is 18.7 Å². The number of carboxylic acid groups (broad SMARTS) is 1. The molecule has 0 atom stereocenters. The lowest BCUT2D eigenvalue weighted by atomic mass is 9.90. The third-order valence-electron chi connectivity index (χ3n) is 7.06. The van der Waals surface area contributed by atoms with E-state index in [2.05, 4.69) is 15.4 Å². The lowest BCUT2D eigenvalue weighted by Crippen LogP contribution is -2.43. The number of benzene rings is 3. The Morgan fingerprint density at radius 3 is 2.26 bits per heavy atom. The Labute approximate surface area is 245 Å². The Morgan fingerprint density at radius 1 is 1.00 bits per heavy atom. The first kappa shape index (κ1) is 31.6. The fourth-order valence-electron chi connectivity index (χ4n) is 5.17. The molecule has 0 radical (unpaired) electrons. The van der Waals surface area contributed by atoms with Crippen LogP contribution in [0.2, 0.25) is 0 Å². The van der Waals surface area contributed by atoms with Crippen LogP contribution in [0.1, 0.15) is 49.9 Å². The van der Waals surface area contributed by atoms with E-state index >= 15 is 0 Å². The number of alkyl halides is 5. The molecule has 0 unspecified atom stereocenters. The van der Waals surface area contributed by atoms with E-state index in [4.69, 9.17) is 0 Å². The number of carbonyl (C=O) groups excluding carboxylic acids is 1. The van der Waals surface area contributed by atoms with Gasteiger partial charge in [-0.25, -0.2) is 18.4 Å². The summed E-state index contributed by atoms with van der Waals surface area (Å²) in [6, 6.07) is 15.2. The Hall–Kier alpha value is -4.35. The molecule has 0 bridgehead atoms. The fraction of sp³-hybridized carbons (Fsp3) is 0.355. The lowest BCUT2D eigenvalue weighted by molar-refractivity contribution is -0.274. The molecule has 7 nitrogen and oxygen atoms in total. The summed E-state index contributed by atoms with van der Waals surface area (Å²) in [6.45, 7) is 4.50. The fourth-order valence-corrected chi connectivity index (χ4v) is 5.17. The van der Waals surface area contributed by atoms with Crippen molar-refractivity contribution >= 4 is 29.1 Å². The first-order valence-electron chi connectivity index (χ1n) is 13.8. The van der Waals surface area contributed by atoms with Crippen molar-refractivity contribution < 1.29 is 41.4 Å². The van der Waals surface area contributed by atoms with E-state index in [-0.39, 0.29) is 48.9 Å². The van der Waals surface area contributed by atoms with Crippen LogP contribution < -0.4 is 20.3 Å². The molecule has 1 saturated carbocycles. The smallest absolute Gasteiger partial charge is 0.478 e. The van der Waals surface area contributed by atoms with Crippen LogP contribution in [0.5, 0.6) is 5.75 Å². The van der Waals surface area contributed by atoms with Crippen molar-refractivity contribution in [2.75, 3.05) is 22.1 Å². The first-order chi connectivity index (χ1) is 20.2. The number of halogens is 5. The molecule has 230 valence electrons. The predicted octanol–water partition coefficient (Wildman–Crippen LogP) is 8.63. The van der Waals surface area contributed by atoms with Gasteiger partial charge in [-0.05, 0) is 72.4 Å². The van der Waals surface area contributed by atoms with Gasteiger partial charge < -0.3 is 25.4 Å². The topological polar surface area (TPSA) is 90.9 Å². The maximum atomic E-state index is 14.0. The van der Waals surface area contributed by atoms with Gasteiger partial charge in [0.2, 0.25) is 5.92 Å². The number of urea groups is 1. The third kappa shape index (κ3) is 8.59. The van der Waals surface area contributed by atoms with Gasteiger partial charge in [-0.3, -0.25) is 0 Å². The second-order valence-corrected chi connectivity index (χ2v) is 10.9.